The molecule has 7 nitrogen and oxygen atoms in total. The number of anilines is 2. The first kappa shape index (κ1) is 23.2. The molecule has 1 heterocycles. The van der Waals surface area contributed by atoms with E-state index in [-0.39, 0.29) is 25.0 Å². The number of amides is 2. The van der Waals surface area contributed by atoms with Gasteiger partial charge in [0.2, 0.25) is 0 Å². The molecule has 0 aliphatic carbocycles. The average Bonchev–Trinajstić information content (AvgIpc) is 2.87. The molecule has 0 atom stereocenters. The highest BCUT2D eigenvalue weighted by atomic mass is 16.5. The number of carbonyl (C=O) groups excluding carboxylic acids is 2. The summed E-state index contributed by atoms with van der Waals surface area (Å²) in [6.07, 6.45) is 1.64. The van der Waals surface area contributed by atoms with Gasteiger partial charge in [-0.25, -0.2) is 0 Å². The van der Waals surface area contributed by atoms with Gasteiger partial charge in [0.1, 0.15) is 17.2 Å². The second-order valence-electron chi connectivity index (χ2n) is 7.87. The van der Waals surface area contributed by atoms with Gasteiger partial charge in [-0.3, -0.25) is 9.59 Å². The van der Waals surface area contributed by atoms with Crippen molar-refractivity contribution in [1.29, 1.82) is 0 Å². The molecule has 0 bridgehead atoms. The first-order valence-corrected chi connectivity index (χ1v) is 11.4. The zero-order chi connectivity index (χ0) is 23.8. The van der Waals surface area contributed by atoms with E-state index in [4.69, 9.17) is 14.2 Å². The van der Waals surface area contributed by atoms with Crippen LogP contribution in [0.1, 0.15) is 18.9 Å². The summed E-state index contributed by atoms with van der Waals surface area (Å²) in [5.74, 6) is 1.62. The van der Waals surface area contributed by atoms with Crippen LogP contribution in [-0.4, -0.2) is 38.2 Å². The molecule has 1 aliphatic heterocycles. The van der Waals surface area contributed by atoms with Gasteiger partial charge in [0.25, 0.3) is 11.8 Å². The SMILES string of the molecule is CCc1ccc(OCCCN2C(=O)COc3ccc(NC(=O)COc4ccccc4)cc32)cc1. The summed E-state index contributed by atoms with van der Waals surface area (Å²) in [6, 6.07) is 22.4. The second kappa shape index (κ2) is 11.2. The minimum atomic E-state index is -0.291. The Morgan fingerprint density at radius 3 is 2.53 bits per heavy atom. The van der Waals surface area contributed by atoms with Gasteiger partial charge >= 0.3 is 0 Å². The quantitative estimate of drug-likeness (QED) is 0.452. The molecule has 7 heteroatoms. The Hall–Kier alpha value is -4.00. The number of hydrogen-bond acceptors (Lipinski definition) is 5. The van der Waals surface area contributed by atoms with Crippen molar-refractivity contribution in [2.75, 3.05) is 36.6 Å². The molecular formula is C27H28N2O5. The highest BCUT2D eigenvalue weighted by Gasteiger charge is 2.25. The van der Waals surface area contributed by atoms with Crippen LogP contribution in [0.15, 0.2) is 72.8 Å². The molecular weight excluding hydrogens is 432 g/mol. The minimum absolute atomic E-state index is 0.0110. The number of nitrogens with zero attached hydrogens (tertiary/aromatic N) is 1. The average molecular weight is 461 g/mol. The van der Waals surface area contributed by atoms with Crippen LogP contribution in [0.2, 0.25) is 0 Å². The fourth-order valence-electron chi connectivity index (χ4n) is 3.62. The van der Waals surface area contributed by atoms with Crippen LogP contribution in [0.4, 0.5) is 11.4 Å². The predicted octanol–water partition coefficient (Wildman–Crippen LogP) is 4.46. The largest absolute Gasteiger partial charge is 0.494 e. The van der Waals surface area contributed by atoms with Crippen LogP contribution >= 0.6 is 0 Å². The minimum Gasteiger partial charge on any atom is -0.494 e. The molecule has 3 aromatic carbocycles. The maximum Gasteiger partial charge on any atom is 0.265 e. The van der Waals surface area contributed by atoms with Crippen molar-refractivity contribution in [2.45, 2.75) is 19.8 Å². The molecule has 4 rings (SSSR count). The second-order valence-corrected chi connectivity index (χ2v) is 7.87. The number of hydrogen-bond donors (Lipinski definition) is 1. The number of fused-ring (bicyclic) bond motifs is 1. The number of nitrogens with one attached hydrogen (secondary N) is 1. The third-order valence-corrected chi connectivity index (χ3v) is 5.43. The zero-order valence-corrected chi connectivity index (χ0v) is 19.2. The Balaban J connectivity index is 1.33. The van der Waals surface area contributed by atoms with Gasteiger partial charge in [-0.1, -0.05) is 37.3 Å². The Morgan fingerprint density at radius 1 is 1.00 bits per heavy atom. The summed E-state index contributed by atoms with van der Waals surface area (Å²) in [7, 11) is 0. The van der Waals surface area contributed by atoms with E-state index in [0.29, 0.717) is 42.4 Å². The van der Waals surface area contributed by atoms with Crippen molar-refractivity contribution in [1.82, 2.24) is 0 Å². The smallest absolute Gasteiger partial charge is 0.265 e. The normalized spacial score (nSPS) is 12.5. The van der Waals surface area contributed by atoms with Crippen molar-refractivity contribution in [3.05, 3.63) is 78.4 Å². The first-order chi connectivity index (χ1) is 16.6. The molecule has 3 aromatic rings. The number of rotatable bonds is 10. The Morgan fingerprint density at radius 2 is 1.76 bits per heavy atom. The molecule has 176 valence electrons. The first-order valence-electron chi connectivity index (χ1n) is 11.4. The lowest BCUT2D eigenvalue weighted by molar-refractivity contribution is -0.121. The van der Waals surface area contributed by atoms with Gasteiger partial charge in [0.05, 0.1) is 12.3 Å². The van der Waals surface area contributed by atoms with Crippen LogP contribution in [0.3, 0.4) is 0 Å². The Kier molecular flexibility index (Phi) is 7.65. The molecule has 0 spiro atoms. The molecule has 2 amide bonds. The maximum absolute atomic E-state index is 12.5. The lowest BCUT2D eigenvalue weighted by Crippen LogP contribution is -2.39. The topological polar surface area (TPSA) is 77.1 Å². The summed E-state index contributed by atoms with van der Waals surface area (Å²) in [6.45, 7) is 2.96. The molecule has 1 aliphatic rings. The van der Waals surface area contributed by atoms with Crippen molar-refractivity contribution >= 4 is 23.2 Å². The molecule has 0 saturated carbocycles. The van der Waals surface area contributed by atoms with Crippen LogP contribution < -0.4 is 24.4 Å². The van der Waals surface area contributed by atoms with Gasteiger partial charge in [0.15, 0.2) is 13.2 Å². The van der Waals surface area contributed by atoms with Crippen molar-refractivity contribution in [3.8, 4) is 17.2 Å². The number of ether oxygens (including phenoxy) is 3. The van der Waals surface area contributed by atoms with Crippen molar-refractivity contribution in [2.24, 2.45) is 0 Å². The number of benzene rings is 3. The Labute approximate surface area is 199 Å². The molecule has 1 N–H and O–H groups in total. The van der Waals surface area contributed by atoms with Gasteiger partial charge in [-0.2, -0.15) is 0 Å². The third kappa shape index (κ3) is 6.07. The summed E-state index contributed by atoms with van der Waals surface area (Å²) in [5, 5.41) is 2.81. The van der Waals surface area contributed by atoms with Crippen LogP contribution in [0.25, 0.3) is 0 Å². The maximum atomic E-state index is 12.5. The van der Waals surface area contributed by atoms with E-state index in [1.54, 1.807) is 35.2 Å². The fourth-order valence-corrected chi connectivity index (χ4v) is 3.62. The summed E-state index contributed by atoms with van der Waals surface area (Å²) < 4.78 is 16.9. The van der Waals surface area contributed by atoms with E-state index in [1.807, 2.05) is 30.3 Å². The molecule has 0 saturated heterocycles. The zero-order valence-electron chi connectivity index (χ0n) is 19.2. The predicted molar refractivity (Wildman–Crippen MR) is 131 cm³/mol. The summed E-state index contributed by atoms with van der Waals surface area (Å²) >= 11 is 0. The number of carbonyl (C=O) groups is 2. The lowest BCUT2D eigenvalue weighted by Gasteiger charge is -2.30. The standard InChI is InChI=1S/C27H28N2O5/c1-2-20-9-12-23(13-10-20)32-16-6-15-29-24-17-21(11-14-25(24)34-19-27(29)31)28-26(30)18-33-22-7-4-3-5-8-22/h3-5,7-14,17H,2,6,15-16,18-19H2,1H3,(H,28,30). The monoisotopic (exact) mass is 460 g/mol. The van der Waals surface area contributed by atoms with Gasteiger partial charge < -0.3 is 24.4 Å². The highest BCUT2D eigenvalue weighted by molar-refractivity contribution is 5.99. The van der Waals surface area contributed by atoms with E-state index in [1.165, 1.54) is 5.56 Å². The van der Waals surface area contributed by atoms with Crippen LogP contribution in [0.5, 0.6) is 17.2 Å². The van der Waals surface area contributed by atoms with E-state index in [0.717, 1.165) is 12.2 Å². The van der Waals surface area contributed by atoms with Crippen molar-refractivity contribution < 1.29 is 23.8 Å². The third-order valence-electron chi connectivity index (χ3n) is 5.43. The van der Waals surface area contributed by atoms with E-state index in [2.05, 4.69) is 24.4 Å². The fraction of sp³-hybridized carbons (Fsp3) is 0.259. The van der Waals surface area contributed by atoms with Crippen LogP contribution in [0, 0.1) is 0 Å². The van der Waals surface area contributed by atoms with E-state index >= 15 is 0 Å². The molecule has 0 radical (unpaired) electrons. The van der Waals surface area contributed by atoms with E-state index in [9.17, 15) is 9.59 Å². The molecule has 0 aromatic heterocycles. The van der Waals surface area contributed by atoms with Gasteiger partial charge in [0, 0.05) is 12.2 Å². The molecule has 0 fully saturated rings. The van der Waals surface area contributed by atoms with Crippen LogP contribution in [-0.2, 0) is 16.0 Å². The number of aryl methyl sites for hydroxylation is 1. The van der Waals surface area contributed by atoms with E-state index < -0.39 is 0 Å². The lowest BCUT2D eigenvalue weighted by atomic mass is 10.2. The summed E-state index contributed by atoms with van der Waals surface area (Å²) in [4.78, 5) is 26.5. The van der Waals surface area contributed by atoms with Gasteiger partial charge in [-0.05, 0) is 60.9 Å². The van der Waals surface area contributed by atoms with Crippen molar-refractivity contribution in [3.63, 3.8) is 0 Å². The number of para-hydroxylation sites is 1. The Bertz CT molecular complexity index is 1120. The summed E-state index contributed by atoms with van der Waals surface area (Å²) in [5.41, 5.74) is 2.46. The molecule has 0 unspecified atom stereocenters. The highest BCUT2D eigenvalue weighted by Crippen LogP contribution is 2.34. The van der Waals surface area contributed by atoms with Gasteiger partial charge in [-0.15, -0.1) is 0 Å². The molecule has 34 heavy (non-hydrogen) atoms.